The number of hydrogen-bond acceptors (Lipinski definition) is 5. The van der Waals surface area contributed by atoms with Crippen LogP contribution in [0, 0.1) is 6.92 Å². The van der Waals surface area contributed by atoms with Crippen molar-refractivity contribution in [2.75, 3.05) is 20.3 Å². The van der Waals surface area contributed by atoms with E-state index in [9.17, 15) is 9.90 Å². The van der Waals surface area contributed by atoms with Crippen molar-refractivity contribution in [2.45, 2.75) is 19.4 Å². The van der Waals surface area contributed by atoms with Gasteiger partial charge in [-0.3, -0.25) is 0 Å². The van der Waals surface area contributed by atoms with Gasteiger partial charge in [0.1, 0.15) is 13.2 Å². The fourth-order valence-electron chi connectivity index (χ4n) is 1.96. The lowest BCUT2D eigenvalue weighted by atomic mass is 10.0. The van der Waals surface area contributed by atoms with Crippen LogP contribution in [-0.2, 0) is 16.0 Å². The average Bonchev–Trinajstić information content (AvgIpc) is 2.37. The number of methoxy groups -OCH3 is 1. The number of esters is 1. The molecule has 0 spiro atoms. The summed E-state index contributed by atoms with van der Waals surface area (Å²) in [4.78, 5) is 11.2. The van der Waals surface area contributed by atoms with E-state index in [1.165, 1.54) is 7.11 Å². The summed E-state index contributed by atoms with van der Waals surface area (Å²) in [7, 11) is 1.25. The maximum Gasteiger partial charge on any atom is 0.335 e. The Balaban J connectivity index is 2.19. The summed E-state index contributed by atoms with van der Waals surface area (Å²) in [5.74, 6) is 0.758. The maximum absolute atomic E-state index is 11.2. The molecule has 1 aromatic carbocycles. The minimum absolute atomic E-state index is 0.199. The van der Waals surface area contributed by atoms with Gasteiger partial charge < -0.3 is 19.3 Å². The Bertz CT molecular complexity index is 455. The highest BCUT2D eigenvalue weighted by Gasteiger charge is 2.20. The summed E-state index contributed by atoms with van der Waals surface area (Å²) >= 11 is 0. The fourth-order valence-corrected chi connectivity index (χ4v) is 1.96. The highest BCUT2D eigenvalue weighted by Crippen LogP contribution is 2.34. The molecule has 0 saturated carbocycles. The van der Waals surface area contributed by atoms with Crippen molar-refractivity contribution in [1.29, 1.82) is 0 Å². The first-order chi connectivity index (χ1) is 8.61. The smallest absolute Gasteiger partial charge is 0.335 e. The fraction of sp³-hybridized carbons (Fsp3) is 0.462. The molecule has 1 unspecified atom stereocenters. The summed E-state index contributed by atoms with van der Waals surface area (Å²) < 4.78 is 15.5. The third-order valence-electron chi connectivity index (χ3n) is 2.79. The summed E-state index contributed by atoms with van der Waals surface area (Å²) in [5.41, 5.74) is 1.74. The van der Waals surface area contributed by atoms with Crippen molar-refractivity contribution in [2.24, 2.45) is 0 Å². The standard InChI is InChI=1S/C13H16O5/c1-8-5-9(6-10(14)13(15)16-2)7-11-12(8)18-4-3-17-11/h5,7,10,14H,3-4,6H2,1-2H3. The van der Waals surface area contributed by atoms with Gasteiger partial charge in [0, 0.05) is 6.42 Å². The van der Waals surface area contributed by atoms with Crippen LogP contribution < -0.4 is 9.47 Å². The van der Waals surface area contributed by atoms with E-state index in [1.807, 2.05) is 13.0 Å². The van der Waals surface area contributed by atoms with Crippen LogP contribution in [0.1, 0.15) is 11.1 Å². The molecular weight excluding hydrogens is 236 g/mol. The van der Waals surface area contributed by atoms with E-state index in [2.05, 4.69) is 4.74 Å². The molecule has 0 radical (unpaired) electrons. The van der Waals surface area contributed by atoms with Gasteiger partial charge in [-0.15, -0.1) is 0 Å². The Kier molecular flexibility index (Phi) is 3.72. The van der Waals surface area contributed by atoms with Gasteiger partial charge in [-0.25, -0.2) is 4.79 Å². The summed E-state index contributed by atoms with van der Waals surface area (Å²) in [6.45, 7) is 2.95. The zero-order valence-electron chi connectivity index (χ0n) is 10.4. The van der Waals surface area contributed by atoms with Crippen LogP contribution in [0.2, 0.25) is 0 Å². The summed E-state index contributed by atoms with van der Waals surface area (Å²) in [5, 5.41) is 9.62. The number of carbonyl (C=O) groups excluding carboxylic acids is 1. The van der Waals surface area contributed by atoms with Gasteiger partial charge >= 0.3 is 5.97 Å². The van der Waals surface area contributed by atoms with E-state index in [1.54, 1.807) is 6.07 Å². The quantitative estimate of drug-likeness (QED) is 0.808. The molecule has 5 heteroatoms. The van der Waals surface area contributed by atoms with E-state index < -0.39 is 12.1 Å². The van der Waals surface area contributed by atoms with Crippen LogP contribution in [0.25, 0.3) is 0 Å². The van der Waals surface area contributed by atoms with E-state index in [0.717, 1.165) is 16.9 Å². The van der Waals surface area contributed by atoms with Crippen LogP contribution in [0.5, 0.6) is 11.5 Å². The minimum Gasteiger partial charge on any atom is -0.486 e. The van der Waals surface area contributed by atoms with Crippen molar-refractivity contribution >= 4 is 5.97 Å². The van der Waals surface area contributed by atoms with Crippen LogP contribution in [0.4, 0.5) is 0 Å². The molecule has 98 valence electrons. The number of rotatable bonds is 3. The molecule has 2 rings (SSSR count). The van der Waals surface area contributed by atoms with Gasteiger partial charge in [-0.1, -0.05) is 6.07 Å². The molecular formula is C13H16O5. The largest absolute Gasteiger partial charge is 0.486 e. The zero-order chi connectivity index (χ0) is 13.1. The zero-order valence-corrected chi connectivity index (χ0v) is 10.4. The summed E-state index contributed by atoms with van der Waals surface area (Å²) in [6, 6.07) is 3.66. The second-order valence-corrected chi connectivity index (χ2v) is 4.18. The van der Waals surface area contributed by atoms with Crippen LogP contribution in [0.15, 0.2) is 12.1 Å². The van der Waals surface area contributed by atoms with Crippen molar-refractivity contribution in [3.8, 4) is 11.5 Å². The third kappa shape index (κ3) is 2.56. The number of benzene rings is 1. The molecule has 1 aliphatic heterocycles. The van der Waals surface area contributed by atoms with Crippen LogP contribution >= 0.6 is 0 Å². The van der Waals surface area contributed by atoms with Crippen molar-refractivity contribution in [3.63, 3.8) is 0 Å². The molecule has 1 aliphatic rings. The number of ether oxygens (including phenoxy) is 3. The van der Waals surface area contributed by atoms with E-state index >= 15 is 0 Å². The molecule has 1 atom stereocenters. The lowest BCUT2D eigenvalue weighted by molar-refractivity contribution is -0.150. The van der Waals surface area contributed by atoms with Gasteiger partial charge in [0.2, 0.25) is 0 Å². The number of aryl methyl sites for hydroxylation is 1. The second-order valence-electron chi connectivity index (χ2n) is 4.18. The minimum atomic E-state index is -1.16. The highest BCUT2D eigenvalue weighted by molar-refractivity contribution is 5.74. The normalized spacial score (nSPS) is 15.1. The van der Waals surface area contributed by atoms with Crippen molar-refractivity contribution in [3.05, 3.63) is 23.3 Å². The van der Waals surface area contributed by atoms with Gasteiger partial charge in [0.25, 0.3) is 0 Å². The highest BCUT2D eigenvalue weighted by atomic mass is 16.6. The van der Waals surface area contributed by atoms with Crippen LogP contribution in [0.3, 0.4) is 0 Å². The van der Waals surface area contributed by atoms with Crippen LogP contribution in [-0.4, -0.2) is 37.5 Å². The Hall–Kier alpha value is -1.75. The number of fused-ring (bicyclic) bond motifs is 1. The second kappa shape index (κ2) is 5.27. The molecule has 0 aromatic heterocycles. The maximum atomic E-state index is 11.2. The van der Waals surface area contributed by atoms with E-state index in [-0.39, 0.29) is 6.42 Å². The molecule has 5 nitrogen and oxygen atoms in total. The molecule has 0 amide bonds. The molecule has 0 fully saturated rings. The number of aliphatic hydroxyl groups excluding tert-OH is 1. The molecule has 1 N–H and O–H groups in total. The average molecular weight is 252 g/mol. The van der Waals surface area contributed by atoms with E-state index in [4.69, 9.17) is 9.47 Å². The first-order valence-electron chi connectivity index (χ1n) is 5.77. The molecule has 1 aromatic rings. The van der Waals surface area contributed by atoms with Gasteiger partial charge in [-0.05, 0) is 24.1 Å². The Morgan fingerprint density at radius 2 is 2.17 bits per heavy atom. The Morgan fingerprint density at radius 3 is 2.89 bits per heavy atom. The predicted octanol–water partition coefficient (Wildman–Crippen LogP) is 0.843. The van der Waals surface area contributed by atoms with Gasteiger partial charge in [0.15, 0.2) is 17.6 Å². The monoisotopic (exact) mass is 252 g/mol. The topological polar surface area (TPSA) is 65.0 Å². The first kappa shape index (κ1) is 12.7. The molecule has 0 saturated heterocycles. The van der Waals surface area contributed by atoms with Crippen molar-refractivity contribution in [1.82, 2.24) is 0 Å². The lowest BCUT2D eigenvalue weighted by Crippen LogP contribution is -2.24. The van der Waals surface area contributed by atoms with Gasteiger partial charge in [0.05, 0.1) is 7.11 Å². The number of hydrogen-bond donors (Lipinski definition) is 1. The van der Waals surface area contributed by atoms with Crippen molar-refractivity contribution < 1.29 is 24.1 Å². The van der Waals surface area contributed by atoms with Gasteiger partial charge in [-0.2, -0.15) is 0 Å². The van der Waals surface area contributed by atoms with E-state index in [0.29, 0.717) is 19.0 Å². The Labute approximate surface area is 105 Å². The molecule has 0 aliphatic carbocycles. The lowest BCUT2D eigenvalue weighted by Gasteiger charge is -2.21. The molecule has 1 heterocycles. The predicted molar refractivity (Wildman–Crippen MR) is 63.9 cm³/mol. The number of aliphatic hydroxyl groups is 1. The number of carbonyl (C=O) groups is 1. The summed E-state index contributed by atoms with van der Waals surface area (Å²) in [6.07, 6.45) is -0.957. The first-order valence-corrected chi connectivity index (χ1v) is 5.77. The molecule has 0 bridgehead atoms. The molecule has 18 heavy (non-hydrogen) atoms. The SMILES string of the molecule is COC(=O)C(O)Cc1cc(C)c2c(c1)OCCO2. The third-order valence-corrected chi connectivity index (χ3v) is 2.79. The Morgan fingerprint density at radius 1 is 1.44 bits per heavy atom.